The van der Waals surface area contributed by atoms with E-state index in [0.717, 1.165) is 18.4 Å². The lowest BCUT2D eigenvalue weighted by Gasteiger charge is -2.28. The zero-order valence-corrected chi connectivity index (χ0v) is 13.9. The summed E-state index contributed by atoms with van der Waals surface area (Å²) in [6.45, 7) is 2.58. The largest absolute Gasteiger partial charge is 0.492 e. The molecule has 0 bridgehead atoms. The molecule has 0 fully saturated rings. The van der Waals surface area contributed by atoms with E-state index in [2.05, 4.69) is 0 Å². The SMILES string of the molecule is CC[C@H]1CCOC(c2ccccc2)=C1S(=O)(=O)c1ccccc1. The molecule has 23 heavy (non-hydrogen) atoms. The van der Waals surface area contributed by atoms with Crippen LogP contribution in [0.2, 0.25) is 0 Å². The van der Waals surface area contributed by atoms with Crippen molar-refractivity contribution >= 4 is 15.6 Å². The minimum absolute atomic E-state index is 0.0100. The zero-order chi connectivity index (χ0) is 16.3. The van der Waals surface area contributed by atoms with Crippen molar-refractivity contribution in [2.24, 2.45) is 5.92 Å². The molecule has 1 heterocycles. The van der Waals surface area contributed by atoms with Gasteiger partial charge in [0.1, 0.15) is 5.76 Å². The summed E-state index contributed by atoms with van der Waals surface area (Å²) in [7, 11) is -3.57. The van der Waals surface area contributed by atoms with E-state index in [0.29, 0.717) is 22.2 Å². The summed E-state index contributed by atoms with van der Waals surface area (Å²) in [5, 5.41) is 0. The maximum atomic E-state index is 13.2. The first-order valence-corrected chi connectivity index (χ1v) is 9.35. The molecule has 1 atom stereocenters. The Morgan fingerprint density at radius 3 is 2.22 bits per heavy atom. The molecule has 0 spiro atoms. The van der Waals surface area contributed by atoms with Crippen LogP contribution in [-0.4, -0.2) is 15.0 Å². The van der Waals surface area contributed by atoms with Crippen LogP contribution in [0.3, 0.4) is 0 Å². The monoisotopic (exact) mass is 328 g/mol. The highest BCUT2D eigenvalue weighted by Gasteiger charge is 2.34. The van der Waals surface area contributed by atoms with Crippen LogP contribution < -0.4 is 0 Å². The molecule has 2 aromatic carbocycles. The fourth-order valence-corrected chi connectivity index (χ4v) is 4.88. The van der Waals surface area contributed by atoms with E-state index in [4.69, 9.17) is 4.74 Å². The summed E-state index contributed by atoms with van der Waals surface area (Å²) < 4.78 is 32.2. The lowest BCUT2D eigenvalue weighted by Crippen LogP contribution is -2.22. The van der Waals surface area contributed by atoms with Crippen LogP contribution >= 0.6 is 0 Å². The average Bonchev–Trinajstić information content (AvgIpc) is 2.62. The van der Waals surface area contributed by atoms with Gasteiger partial charge in [-0.25, -0.2) is 8.42 Å². The molecule has 4 heteroatoms. The molecule has 0 aliphatic carbocycles. The Bertz CT molecular complexity index is 793. The van der Waals surface area contributed by atoms with Crippen molar-refractivity contribution < 1.29 is 13.2 Å². The van der Waals surface area contributed by atoms with Crippen molar-refractivity contribution in [3.8, 4) is 0 Å². The number of rotatable bonds is 4. The van der Waals surface area contributed by atoms with Gasteiger partial charge in [-0.15, -0.1) is 0 Å². The van der Waals surface area contributed by atoms with Gasteiger partial charge in [0.05, 0.1) is 16.4 Å². The highest BCUT2D eigenvalue weighted by molar-refractivity contribution is 7.95. The standard InChI is InChI=1S/C19H20O3S/c1-2-15-13-14-22-18(16-9-5-3-6-10-16)19(15)23(20,21)17-11-7-4-8-12-17/h3-12,15H,2,13-14H2,1H3/t15-/m0/s1. The molecule has 0 unspecified atom stereocenters. The molecule has 0 aromatic heterocycles. The Hall–Kier alpha value is -2.07. The molecule has 1 aliphatic rings. The van der Waals surface area contributed by atoms with Gasteiger partial charge in [0.25, 0.3) is 0 Å². The van der Waals surface area contributed by atoms with Crippen LogP contribution in [0.15, 0.2) is 70.5 Å². The highest BCUT2D eigenvalue weighted by Crippen LogP contribution is 2.39. The molecular weight excluding hydrogens is 308 g/mol. The van der Waals surface area contributed by atoms with E-state index in [9.17, 15) is 8.42 Å². The summed E-state index contributed by atoms with van der Waals surface area (Å²) in [5.74, 6) is 0.497. The lowest BCUT2D eigenvalue weighted by atomic mass is 9.97. The average molecular weight is 328 g/mol. The third kappa shape index (κ3) is 3.04. The van der Waals surface area contributed by atoms with Gasteiger partial charge in [-0.2, -0.15) is 0 Å². The third-order valence-electron chi connectivity index (χ3n) is 4.18. The number of allylic oxidation sites excluding steroid dienone is 1. The van der Waals surface area contributed by atoms with Crippen molar-refractivity contribution in [2.45, 2.75) is 24.7 Å². The quantitative estimate of drug-likeness (QED) is 0.841. The van der Waals surface area contributed by atoms with E-state index < -0.39 is 9.84 Å². The van der Waals surface area contributed by atoms with Gasteiger partial charge in [0.2, 0.25) is 9.84 Å². The van der Waals surface area contributed by atoms with Crippen molar-refractivity contribution in [1.29, 1.82) is 0 Å². The normalized spacial score (nSPS) is 18.6. The number of hydrogen-bond donors (Lipinski definition) is 0. The molecule has 3 rings (SSSR count). The first-order valence-electron chi connectivity index (χ1n) is 7.87. The maximum Gasteiger partial charge on any atom is 0.206 e. The molecule has 0 saturated heterocycles. The Morgan fingerprint density at radius 1 is 1.00 bits per heavy atom. The molecule has 1 aliphatic heterocycles. The van der Waals surface area contributed by atoms with Gasteiger partial charge in [0.15, 0.2) is 0 Å². The number of sulfone groups is 1. The summed E-state index contributed by atoms with van der Waals surface area (Å²) in [6.07, 6.45) is 1.51. The highest BCUT2D eigenvalue weighted by atomic mass is 32.2. The van der Waals surface area contributed by atoms with Crippen LogP contribution in [0.5, 0.6) is 0 Å². The summed E-state index contributed by atoms with van der Waals surface area (Å²) in [5.41, 5.74) is 0.820. The van der Waals surface area contributed by atoms with Crippen LogP contribution in [0.25, 0.3) is 5.76 Å². The summed E-state index contributed by atoms with van der Waals surface area (Å²) in [4.78, 5) is 0.746. The number of hydrogen-bond acceptors (Lipinski definition) is 3. The Morgan fingerprint density at radius 2 is 1.61 bits per heavy atom. The number of ether oxygens (including phenoxy) is 1. The van der Waals surface area contributed by atoms with E-state index in [1.54, 1.807) is 24.3 Å². The molecule has 3 nitrogen and oxygen atoms in total. The fraction of sp³-hybridized carbons (Fsp3) is 0.263. The molecule has 0 N–H and O–H groups in total. The fourth-order valence-electron chi connectivity index (χ4n) is 2.96. The molecule has 2 aromatic rings. The van der Waals surface area contributed by atoms with E-state index in [1.165, 1.54) is 0 Å². The van der Waals surface area contributed by atoms with E-state index in [1.807, 2.05) is 43.3 Å². The molecular formula is C19H20O3S. The van der Waals surface area contributed by atoms with Gasteiger partial charge >= 0.3 is 0 Å². The van der Waals surface area contributed by atoms with Crippen molar-refractivity contribution in [3.63, 3.8) is 0 Å². The second-order valence-electron chi connectivity index (χ2n) is 5.62. The molecule has 0 saturated carbocycles. The maximum absolute atomic E-state index is 13.2. The van der Waals surface area contributed by atoms with Crippen LogP contribution in [0.1, 0.15) is 25.3 Å². The van der Waals surface area contributed by atoms with Gasteiger partial charge in [-0.05, 0) is 25.0 Å². The second kappa shape index (κ2) is 6.59. The number of benzene rings is 2. The van der Waals surface area contributed by atoms with Gasteiger partial charge in [0, 0.05) is 11.5 Å². The van der Waals surface area contributed by atoms with Gasteiger partial charge < -0.3 is 4.74 Å². The minimum atomic E-state index is -3.57. The summed E-state index contributed by atoms with van der Waals surface area (Å²) in [6, 6.07) is 18.1. The van der Waals surface area contributed by atoms with Gasteiger partial charge in [-0.1, -0.05) is 55.5 Å². The van der Waals surface area contributed by atoms with Crippen LogP contribution in [0.4, 0.5) is 0 Å². The van der Waals surface area contributed by atoms with Crippen LogP contribution in [0, 0.1) is 5.92 Å². The Balaban J connectivity index is 2.22. The topological polar surface area (TPSA) is 43.4 Å². The van der Waals surface area contributed by atoms with E-state index in [-0.39, 0.29) is 5.92 Å². The summed E-state index contributed by atoms with van der Waals surface area (Å²) >= 11 is 0. The Kier molecular flexibility index (Phi) is 4.53. The Labute approximate surface area is 137 Å². The smallest absolute Gasteiger partial charge is 0.206 e. The predicted octanol–water partition coefficient (Wildman–Crippen LogP) is 4.28. The first-order chi connectivity index (χ1) is 11.1. The van der Waals surface area contributed by atoms with Crippen molar-refractivity contribution in [3.05, 3.63) is 71.1 Å². The lowest BCUT2D eigenvalue weighted by molar-refractivity contribution is 0.229. The van der Waals surface area contributed by atoms with Crippen molar-refractivity contribution in [2.75, 3.05) is 6.61 Å². The molecule has 0 amide bonds. The predicted molar refractivity (Wildman–Crippen MR) is 91.3 cm³/mol. The minimum Gasteiger partial charge on any atom is -0.492 e. The van der Waals surface area contributed by atoms with E-state index >= 15 is 0 Å². The third-order valence-corrected chi connectivity index (χ3v) is 6.17. The van der Waals surface area contributed by atoms with Crippen molar-refractivity contribution in [1.82, 2.24) is 0 Å². The van der Waals surface area contributed by atoms with Crippen LogP contribution in [-0.2, 0) is 14.6 Å². The molecule has 120 valence electrons. The molecule has 0 radical (unpaired) electrons. The van der Waals surface area contributed by atoms with Gasteiger partial charge in [-0.3, -0.25) is 0 Å². The second-order valence-corrected chi connectivity index (χ2v) is 7.54. The first kappa shape index (κ1) is 15.8. The zero-order valence-electron chi connectivity index (χ0n) is 13.1.